The van der Waals surface area contributed by atoms with Crippen molar-refractivity contribution in [1.82, 2.24) is 15.6 Å². The summed E-state index contributed by atoms with van der Waals surface area (Å²) >= 11 is 1.74. The fraction of sp³-hybridized carbons (Fsp3) is 0.529. The number of nitrogens with one attached hydrogen (secondary N) is 2. The number of thiophene rings is 1. The first kappa shape index (κ1) is 17.5. The molecular formula is C17H26N4OS. The summed E-state index contributed by atoms with van der Waals surface area (Å²) in [7, 11) is 0. The van der Waals surface area contributed by atoms with Crippen LogP contribution in [0.1, 0.15) is 57.2 Å². The number of hydrogen-bond donors (Lipinski definition) is 2. The van der Waals surface area contributed by atoms with Crippen LogP contribution < -0.4 is 10.6 Å². The lowest BCUT2D eigenvalue weighted by Crippen LogP contribution is -2.38. The Morgan fingerprint density at radius 2 is 2.22 bits per heavy atom. The van der Waals surface area contributed by atoms with Crippen molar-refractivity contribution in [2.24, 2.45) is 4.99 Å². The first-order valence-corrected chi connectivity index (χ1v) is 8.81. The third-order valence-corrected chi connectivity index (χ3v) is 4.39. The van der Waals surface area contributed by atoms with Gasteiger partial charge in [0.1, 0.15) is 12.3 Å². The minimum Gasteiger partial charge on any atom is -0.443 e. The van der Waals surface area contributed by atoms with Crippen molar-refractivity contribution in [3.8, 4) is 0 Å². The second-order valence-electron chi connectivity index (χ2n) is 6.44. The lowest BCUT2D eigenvalue weighted by atomic mass is 9.94. The van der Waals surface area contributed by atoms with Gasteiger partial charge in [-0.05, 0) is 25.3 Å². The summed E-state index contributed by atoms with van der Waals surface area (Å²) in [5.74, 6) is 2.28. The maximum absolute atomic E-state index is 5.78. The molecule has 6 heteroatoms. The molecule has 0 spiro atoms. The number of guanidine groups is 1. The highest BCUT2D eigenvalue weighted by molar-refractivity contribution is 7.10. The molecule has 0 saturated heterocycles. The molecule has 2 rings (SSSR count). The summed E-state index contributed by atoms with van der Waals surface area (Å²) in [6.45, 7) is 11.7. The Labute approximate surface area is 142 Å². The lowest BCUT2D eigenvalue weighted by Gasteiger charge is -2.16. The Kier molecular flexibility index (Phi) is 5.82. The third kappa shape index (κ3) is 5.10. The van der Waals surface area contributed by atoms with Crippen LogP contribution in [-0.2, 0) is 12.0 Å². The molecule has 5 nitrogen and oxygen atoms in total. The van der Waals surface area contributed by atoms with Crippen molar-refractivity contribution in [3.63, 3.8) is 0 Å². The van der Waals surface area contributed by atoms with Crippen LogP contribution in [0.2, 0.25) is 0 Å². The molecule has 2 aromatic heterocycles. The van der Waals surface area contributed by atoms with Crippen LogP contribution in [0.15, 0.2) is 33.1 Å². The molecular weight excluding hydrogens is 308 g/mol. The van der Waals surface area contributed by atoms with Crippen LogP contribution in [-0.4, -0.2) is 17.5 Å². The van der Waals surface area contributed by atoms with Gasteiger partial charge >= 0.3 is 0 Å². The summed E-state index contributed by atoms with van der Waals surface area (Å²) in [5.41, 5.74) is -0.0363. The second-order valence-corrected chi connectivity index (χ2v) is 7.42. The van der Waals surface area contributed by atoms with E-state index in [1.54, 1.807) is 17.5 Å². The van der Waals surface area contributed by atoms with Crippen molar-refractivity contribution >= 4 is 17.3 Å². The van der Waals surface area contributed by atoms with Gasteiger partial charge in [-0.2, -0.15) is 0 Å². The van der Waals surface area contributed by atoms with Crippen molar-refractivity contribution in [3.05, 3.63) is 40.2 Å². The average Bonchev–Trinajstić information content (AvgIpc) is 3.15. The molecule has 2 aromatic rings. The molecule has 0 aliphatic carbocycles. The van der Waals surface area contributed by atoms with E-state index in [0.717, 1.165) is 18.3 Å². The van der Waals surface area contributed by atoms with Crippen molar-refractivity contribution in [2.45, 2.75) is 52.6 Å². The van der Waals surface area contributed by atoms with Gasteiger partial charge in [-0.1, -0.05) is 26.8 Å². The first-order chi connectivity index (χ1) is 10.9. The van der Waals surface area contributed by atoms with Gasteiger partial charge in [0.05, 0.1) is 12.2 Å². The Bertz CT molecular complexity index is 625. The zero-order valence-corrected chi connectivity index (χ0v) is 15.3. The van der Waals surface area contributed by atoms with E-state index in [1.165, 1.54) is 4.88 Å². The largest absolute Gasteiger partial charge is 0.443 e. The highest BCUT2D eigenvalue weighted by Crippen LogP contribution is 2.23. The summed E-state index contributed by atoms with van der Waals surface area (Å²) in [4.78, 5) is 10.2. The van der Waals surface area contributed by atoms with E-state index >= 15 is 0 Å². The van der Waals surface area contributed by atoms with Crippen LogP contribution in [0.4, 0.5) is 0 Å². The first-order valence-electron chi connectivity index (χ1n) is 7.93. The minimum atomic E-state index is -0.0363. The predicted molar refractivity (Wildman–Crippen MR) is 95.9 cm³/mol. The number of aliphatic imine (C=N–C) groups is 1. The van der Waals surface area contributed by atoms with Crippen LogP contribution in [0.25, 0.3) is 0 Å². The van der Waals surface area contributed by atoms with Gasteiger partial charge in [-0.25, -0.2) is 9.98 Å². The summed E-state index contributed by atoms with van der Waals surface area (Å²) < 4.78 is 5.78. The highest BCUT2D eigenvalue weighted by atomic mass is 32.1. The van der Waals surface area contributed by atoms with E-state index in [0.29, 0.717) is 12.4 Å². The van der Waals surface area contributed by atoms with E-state index in [9.17, 15) is 0 Å². The van der Waals surface area contributed by atoms with Gasteiger partial charge in [0, 0.05) is 16.8 Å². The third-order valence-electron chi connectivity index (χ3n) is 3.33. The van der Waals surface area contributed by atoms with Gasteiger partial charge in [0.2, 0.25) is 5.89 Å². The standard InChI is InChI=1S/C17H26N4OS/c1-6-18-16(21-12(2)13-8-7-9-23-13)20-11-15-19-10-14(22-15)17(3,4)5/h7-10,12H,6,11H2,1-5H3,(H2,18,20,21). The molecule has 0 aliphatic rings. The summed E-state index contributed by atoms with van der Waals surface area (Å²) in [6, 6.07) is 4.39. The molecule has 0 fully saturated rings. The van der Waals surface area contributed by atoms with Crippen LogP contribution in [0.3, 0.4) is 0 Å². The smallest absolute Gasteiger partial charge is 0.216 e. The molecule has 0 radical (unpaired) electrons. The zero-order chi connectivity index (χ0) is 16.9. The topological polar surface area (TPSA) is 62.5 Å². The number of hydrogen-bond acceptors (Lipinski definition) is 4. The van der Waals surface area contributed by atoms with E-state index in [1.807, 2.05) is 0 Å². The molecule has 0 aromatic carbocycles. The molecule has 0 saturated carbocycles. The van der Waals surface area contributed by atoms with Crippen LogP contribution >= 0.6 is 11.3 Å². The van der Waals surface area contributed by atoms with Crippen molar-refractivity contribution in [1.29, 1.82) is 0 Å². The predicted octanol–water partition coefficient (Wildman–Crippen LogP) is 3.85. The zero-order valence-electron chi connectivity index (χ0n) is 14.5. The highest BCUT2D eigenvalue weighted by Gasteiger charge is 2.19. The Hall–Kier alpha value is -1.82. The Balaban J connectivity index is 2.02. The van der Waals surface area contributed by atoms with Gasteiger partial charge in [0.15, 0.2) is 5.96 Å². The van der Waals surface area contributed by atoms with Crippen LogP contribution in [0, 0.1) is 0 Å². The molecule has 1 atom stereocenters. The lowest BCUT2D eigenvalue weighted by molar-refractivity contribution is 0.383. The van der Waals surface area contributed by atoms with E-state index in [-0.39, 0.29) is 11.5 Å². The fourth-order valence-electron chi connectivity index (χ4n) is 2.01. The molecule has 2 N–H and O–H groups in total. The summed E-state index contributed by atoms with van der Waals surface area (Å²) in [5, 5.41) is 8.75. The maximum Gasteiger partial charge on any atom is 0.216 e. The molecule has 2 heterocycles. The normalized spacial score (nSPS) is 13.9. The summed E-state index contributed by atoms with van der Waals surface area (Å²) in [6.07, 6.45) is 1.79. The monoisotopic (exact) mass is 334 g/mol. The van der Waals surface area contributed by atoms with Gasteiger partial charge in [-0.3, -0.25) is 0 Å². The number of oxazole rings is 1. The van der Waals surface area contributed by atoms with E-state index in [2.05, 4.69) is 72.7 Å². The van der Waals surface area contributed by atoms with Gasteiger partial charge < -0.3 is 15.1 Å². The quantitative estimate of drug-likeness (QED) is 0.644. The maximum atomic E-state index is 5.78. The molecule has 23 heavy (non-hydrogen) atoms. The number of rotatable bonds is 5. The molecule has 0 bridgehead atoms. The van der Waals surface area contributed by atoms with E-state index < -0.39 is 0 Å². The number of aromatic nitrogens is 1. The van der Waals surface area contributed by atoms with Crippen molar-refractivity contribution < 1.29 is 4.42 Å². The van der Waals surface area contributed by atoms with Crippen molar-refractivity contribution in [2.75, 3.05) is 6.54 Å². The molecule has 1 unspecified atom stereocenters. The molecule has 0 amide bonds. The molecule has 0 aliphatic heterocycles. The minimum absolute atomic E-state index is 0.0363. The second kappa shape index (κ2) is 7.64. The Morgan fingerprint density at radius 3 is 2.78 bits per heavy atom. The van der Waals surface area contributed by atoms with Gasteiger partial charge in [-0.15, -0.1) is 11.3 Å². The average molecular weight is 334 g/mol. The number of nitrogens with zero attached hydrogens (tertiary/aromatic N) is 2. The molecule has 126 valence electrons. The fourth-order valence-corrected chi connectivity index (χ4v) is 2.75. The van der Waals surface area contributed by atoms with E-state index in [4.69, 9.17) is 4.42 Å². The van der Waals surface area contributed by atoms with Gasteiger partial charge in [0.25, 0.3) is 0 Å². The Morgan fingerprint density at radius 1 is 1.43 bits per heavy atom. The SMILES string of the molecule is CCNC(=NCc1ncc(C(C)(C)C)o1)NC(C)c1cccs1. The van der Waals surface area contributed by atoms with Crippen LogP contribution in [0.5, 0.6) is 0 Å².